The van der Waals surface area contributed by atoms with E-state index in [1.165, 1.54) is 0 Å². The van der Waals surface area contributed by atoms with Crippen molar-refractivity contribution in [3.05, 3.63) is 48.6 Å². The summed E-state index contributed by atoms with van der Waals surface area (Å²) in [5.74, 6) is -0.247. The van der Waals surface area contributed by atoms with E-state index in [1.54, 1.807) is 0 Å². The number of aromatic nitrogens is 1. The first-order valence-corrected chi connectivity index (χ1v) is 8.87. The molecular formula is C19H30N4O2. The minimum atomic E-state index is -0.247. The summed E-state index contributed by atoms with van der Waals surface area (Å²) in [5, 5.41) is 0. The molecule has 0 saturated heterocycles. The van der Waals surface area contributed by atoms with Gasteiger partial charge in [0.15, 0.2) is 0 Å². The zero-order chi connectivity index (χ0) is 18.2. The van der Waals surface area contributed by atoms with Crippen molar-refractivity contribution >= 4 is 5.97 Å². The van der Waals surface area contributed by atoms with Crippen LogP contribution in [-0.2, 0) is 4.74 Å². The third kappa shape index (κ3) is 5.98. The smallest absolute Gasteiger partial charge is 0.339 e. The number of rotatable bonds is 3. The zero-order valence-corrected chi connectivity index (χ0v) is 15.5. The Balaban J connectivity index is 0.000000236. The second-order valence-electron chi connectivity index (χ2n) is 6.52. The molecule has 6 nitrogen and oxygen atoms in total. The van der Waals surface area contributed by atoms with Crippen molar-refractivity contribution in [2.75, 3.05) is 33.8 Å². The molecule has 0 saturated carbocycles. The molecule has 6 heteroatoms. The van der Waals surface area contributed by atoms with Crippen molar-refractivity contribution in [3.8, 4) is 0 Å². The van der Waals surface area contributed by atoms with Gasteiger partial charge in [0.05, 0.1) is 18.2 Å². The van der Waals surface area contributed by atoms with Gasteiger partial charge in [-0.05, 0) is 44.3 Å². The summed E-state index contributed by atoms with van der Waals surface area (Å²) in [7, 11) is 4.12. The molecule has 2 unspecified atom stereocenters. The average molecular weight is 346 g/mol. The Morgan fingerprint density at radius 1 is 1.20 bits per heavy atom. The van der Waals surface area contributed by atoms with Crippen LogP contribution in [0.4, 0.5) is 0 Å². The molecule has 0 spiro atoms. The van der Waals surface area contributed by atoms with E-state index in [0.717, 1.165) is 25.9 Å². The van der Waals surface area contributed by atoms with Gasteiger partial charge in [0.2, 0.25) is 0 Å². The van der Waals surface area contributed by atoms with Crippen molar-refractivity contribution in [1.82, 2.24) is 14.4 Å². The van der Waals surface area contributed by atoms with Gasteiger partial charge in [-0.3, -0.25) is 0 Å². The third-order valence-corrected chi connectivity index (χ3v) is 4.35. The van der Waals surface area contributed by atoms with Crippen LogP contribution in [0.5, 0.6) is 0 Å². The SMILES string of the molecule is CCOC(=O)c1ccn(C2C=CN(C)CC2)c1.CN1C=CC(N)CC1. The fourth-order valence-corrected chi connectivity index (χ4v) is 2.74. The predicted molar refractivity (Wildman–Crippen MR) is 100 cm³/mol. The Labute approximate surface area is 150 Å². The first kappa shape index (κ1) is 19.1. The lowest BCUT2D eigenvalue weighted by atomic mass is 10.1. The Morgan fingerprint density at radius 3 is 2.40 bits per heavy atom. The van der Waals surface area contributed by atoms with Crippen molar-refractivity contribution in [2.45, 2.75) is 31.8 Å². The first-order valence-electron chi connectivity index (χ1n) is 8.87. The highest BCUT2D eigenvalue weighted by molar-refractivity contribution is 5.89. The Bertz CT molecular complexity index is 596. The molecule has 0 radical (unpaired) electrons. The Kier molecular flexibility index (Phi) is 7.13. The molecule has 3 heterocycles. The summed E-state index contributed by atoms with van der Waals surface area (Å²) in [6.07, 6.45) is 14.2. The fraction of sp³-hybridized carbons (Fsp3) is 0.526. The molecule has 25 heavy (non-hydrogen) atoms. The van der Waals surface area contributed by atoms with Crippen LogP contribution in [0, 0.1) is 0 Å². The van der Waals surface area contributed by atoms with Crippen LogP contribution in [0.2, 0.25) is 0 Å². The summed E-state index contributed by atoms with van der Waals surface area (Å²) in [4.78, 5) is 15.8. The van der Waals surface area contributed by atoms with Gasteiger partial charge in [0.1, 0.15) is 0 Å². The lowest BCUT2D eigenvalue weighted by Gasteiger charge is -2.25. The second kappa shape index (κ2) is 9.32. The molecule has 0 bridgehead atoms. The van der Waals surface area contributed by atoms with Crippen LogP contribution in [0.25, 0.3) is 0 Å². The van der Waals surface area contributed by atoms with Crippen LogP contribution < -0.4 is 5.73 Å². The molecule has 0 fully saturated rings. The monoisotopic (exact) mass is 346 g/mol. The molecule has 0 aliphatic carbocycles. The normalized spacial score (nSPS) is 22.4. The summed E-state index contributed by atoms with van der Waals surface area (Å²) >= 11 is 0. The van der Waals surface area contributed by atoms with Crippen molar-refractivity contribution < 1.29 is 9.53 Å². The molecular weight excluding hydrogens is 316 g/mol. The van der Waals surface area contributed by atoms with E-state index < -0.39 is 0 Å². The number of esters is 1. The first-order chi connectivity index (χ1) is 12.0. The Hall–Kier alpha value is -2.21. The molecule has 2 aliphatic heterocycles. The minimum absolute atomic E-state index is 0.247. The van der Waals surface area contributed by atoms with Crippen molar-refractivity contribution in [2.24, 2.45) is 5.73 Å². The van der Waals surface area contributed by atoms with E-state index in [2.05, 4.69) is 40.7 Å². The number of hydrogen-bond donors (Lipinski definition) is 1. The van der Waals surface area contributed by atoms with Gasteiger partial charge in [-0.1, -0.05) is 6.08 Å². The highest BCUT2D eigenvalue weighted by Gasteiger charge is 2.15. The summed E-state index contributed by atoms with van der Waals surface area (Å²) < 4.78 is 7.03. The van der Waals surface area contributed by atoms with Crippen LogP contribution in [0.3, 0.4) is 0 Å². The Morgan fingerprint density at radius 2 is 1.88 bits per heavy atom. The van der Waals surface area contributed by atoms with E-state index in [1.807, 2.05) is 37.7 Å². The lowest BCUT2D eigenvalue weighted by Crippen LogP contribution is -2.28. The summed E-state index contributed by atoms with van der Waals surface area (Å²) in [5.41, 5.74) is 6.21. The molecule has 0 aromatic carbocycles. The van der Waals surface area contributed by atoms with Gasteiger partial charge >= 0.3 is 5.97 Å². The fourth-order valence-electron chi connectivity index (χ4n) is 2.74. The van der Waals surface area contributed by atoms with Gasteiger partial charge < -0.3 is 24.8 Å². The summed E-state index contributed by atoms with van der Waals surface area (Å²) in [6.45, 7) is 4.36. The largest absolute Gasteiger partial charge is 0.462 e. The van der Waals surface area contributed by atoms with Gasteiger partial charge in [0.25, 0.3) is 0 Å². The van der Waals surface area contributed by atoms with E-state index >= 15 is 0 Å². The standard InChI is InChI=1S/C13H18N2O2.C6H12N2/c1-3-17-13(16)11-4-9-15(10-11)12-5-7-14(2)8-6-12;1-8-4-2-6(7)3-5-8/h4-5,7,9-10,12H,3,6,8H2,1-2H3;2,4,6H,3,5,7H2,1H3. The third-order valence-electron chi connectivity index (χ3n) is 4.35. The summed E-state index contributed by atoms with van der Waals surface area (Å²) in [6, 6.07) is 2.45. The number of nitrogens with zero attached hydrogens (tertiary/aromatic N) is 3. The maximum absolute atomic E-state index is 11.5. The molecule has 1 aromatic heterocycles. The molecule has 0 amide bonds. The van der Waals surface area contributed by atoms with E-state index in [-0.39, 0.29) is 5.97 Å². The number of carbonyl (C=O) groups excluding carboxylic acids is 1. The number of carbonyl (C=O) groups is 1. The minimum Gasteiger partial charge on any atom is -0.462 e. The van der Waals surface area contributed by atoms with Crippen LogP contribution in [0.1, 0.15) is 36.2 Å². The number of allylic oxidation sites excluding steroid dienone is 1. The average Bonchev–Trinajstić information content (AvgIpc) is 3.09. The quantitative estimate of drug-likeness (QED) is 0.850. The second-order valence-corrected chi connectivity index (χ2v) is 6.52. The molecule has 2 atom stereocenters. The van der Waals surface area contributed by atoms with E-state index in [0.29, 0.717) is 24.3 Å². The van der Waals surface area contributed by atoms with Gasteiger partial charge in [0, 0.05) is 45.6 Å². The lowest BCUT2D eigenvalue weighted by molar-refractivity contribution is 0.0526. The van der Waals surface area contributed by atoms with Crippen molar-refractivity contribution in [3.63, 3.8) is 0 Å². The number of nitrogens with two attached hydrogens (primary N) is 1. The van der Waals surface area contributed by atoms with E-state index in [4.69, 9.17) is 10.5 Å². The van der Waals surface area contributed by atoms with Crippen LogP contribution in [-0.4, -0.2) is 60.2 Å². The highest BCUT2D eigenvalue weighted by Crippen LogP contribution is 2.20. The van der Waals surface area contributed by atoms with Gasteiger partial charge in [-0.15, -0.1) is 0 Å². The molecule has 138 valence electrons. The number of ether oxygens (including phenoxy) is 1. The topological polar surface area (TPSA) is 63.7 Å². The zero-order valence-electron chi connectivity index (χ0n) is 15.5. The molecule has 2 aliphatic rings. The number of hydrogen-bond acceptors (Lipinski definition) is 5. The maximum atomic E-state index is 11.5. The maximum Gasteiger partial charge on any atom is 0.339 e. The van der Waals surface area contributed by atoms with Crippen LogP contribution >= 0.6 is 0 Å². The van der Waals surface area contributed by atoms with Crippen LogP contribution in [0.15, 0.2) is 43.0 Å². The van der Waals surface area contributed by atoms with Gasteiger partial charge in [-0.2, -0.15) is 0 Å². The predicted octanol–water partition coefficient (Wildman–Crippen LogP) is 2.22. The van der Waals surface area contributed by atoms with E-state index in [9.17, 15) is 4.79 Å². The molecule has 3 rings (SSSR count). The highest BCUT2D eigenvalue weighted by atomic mass is 16.5. The molecule has 1 aromatic rings. The molecule has 2 N–H and O–H groups in total. The van der Waals surface area contributed by atoms with Crippen molar-refractivity contribution in [1.29, 1.82) is 0 Å². The van der Waals surface area contributed by atoms with Gasteiger partial charge in [-0.25, -0.2) is 4.79 Å².